The normalized spacial score (nSPS) is 11.0. The van der Waals surface area contributed by atoms with Crippen molar-refractivity contribution in [1.29, 1.82) is 0 Å². The molecule has 0 spiro atoms. The second kappa shape index (κ2) is 4.31. The maximum atomic E-state index is 5.07. The molecule has 2 aromatic rings. The summed E-state index contributed by atoms with van der Waals surface area (Å²) in [6.45, 7) is 1.68. The lowest BCUT2D eigenvalue weighted by atomic mass is 10.2. The van der Waals surface area contributed by atoms with Crippen LogP contribution < -0.4 is 0 Å². The van der Waals surface area contributed by atoms with E-state index in [1.807, 2.05) is 0 Å². The summed E-state index contributed by atoms with van der Waals surface area (Å²) in [6, 6.07) is 8.63. The molecular formula is C11H12INO. The van der Waals surface area contributed by atoms with Crippen molar-refractivity contribution in [2.24, 2.45) is 0 Å². The number of methoxy groups -OCH3 is 1. The lowest BCUT2D eigenvalue weighted by Crippen LogP contribution is -2.02. The highest BCUT2D eigenvalue weighted by Gasteiger charge is 2.00. The third-order valence-corrected chi connectivity index (χ3v) is 2.94. The van der Waals surface area contributed by atoms with Crippen molar-refractivity contribution in [2.45, 2.75) is 6.54 Å². The van der Waals surface area contributed by atoms with Crippen molar-refractivity contribution in [1.82, 2.24) is 4.57 Å². The van der Waals surface area contributed by atoms with Crippen LogP contribution in [0.5, 0.6) is 0 Å². The number of fused-ring (bicyclic) bond motifs is 1. The zero-order chi connectivity index (χ0) is 9.97. The Balaban J connectivity index is 2.37. The predicted molar refractivity (Wildman–Crippen MR) is 66.5 cm³/mol. The van der Waals surface area contributed by atoms with Crippen molar-refractivity contribution in [3.05, 3.63) is 34.0 Å². The van der Waals surface area contributed by atoms with Gasteiger partial charge in [0.05, 0.1) is 6.61 Å². The number of halogens is 1. The van der Waals surface area contributed by atoms with Gasteiger partial charge in [0.15, 0.2) is 0 Å². The maximum absolute atomic E-state index is 5.07. The van der Waals surface area contributed by atoms with Crippen molar-refractivity contribution >= 4 is 33.5 Å². The highest BCUT2D eigenvalue weighted by atomic mass is 127. The Morgan fingerprint density at radius 3 is 3.00 bits per heavy atom. The molecule has 0 saturated carbocycles. The lowest BCUT2D eigenvalue weighted by molar-refractivity contribution is 0.188. The number of rotatable bonds is 3. The van der Waals surface area contributed by atoms with E-state index in [4.69, 9.17) is 4.74 Å². The summed E-state index contributed by atoms with van der Waals surface area (Å²) in [7, 11) is 1.73. The molecule has 2 nitrogen and oxygen atoms in total. The van der Waals surface area contributed by atoms with Crippen molar-refractivity contribution < 1.29 is 4.74 Å². The third-order valence-electron chi connectivity index (χ3n) is 2.27. The standard InChI is InChI=1S/C11H12INO/c1-14-7-6-13-5-4-9-8-10(12)2-3-11(9)13/h2-5,8H,6-7H2,1H3. The highest BCUT2D eigenvalue weighted by molar-refractivity contribution is 14.1. The number of hydrogen-bond donors (Lipinski definition) is 0. The summed E-state index contributed by atoms with van der Waals surface area (Å²) in [4.78, 5) is 0. The molecule has 3 heteroatoms. The topological polar surface area (TPSA) is 14.2 Å². The van der Waals surface area contributed by atoms with Crippen LogP contribution in [0.1, 0.15) is 0 Å². The molecule has 1 aromatic carbocycles. The fourth-order valence-electron chi connectivity index (χ4n) is 1.56. The average Bonchev–Trinajstić information content (AvgIpc) is 2.57. The maximum Gasteiger partial charge on any atom is 0.0641 e. The smallest absolute Gasteiger partial charge is 0.0641 e. The Hall–Kier alpha value is -0.550. The van der Waals surface area contributed by atoms with Crippen LogP contribution >= 0.6 is 22.6 Å². The molecule has 0 aliphatic carbocycles. The first-order valence-electron chi connectivity index (χ1n) is 4.54. The molecule has 2 rings (SSSR count). The van der Waals surface area contributed by atoms with Crippen LogP contribution in [0.2, 0.25) is 0 Å². The quantitative estimate of drug-likeness (QED) is 0.795. The molecule has 0 amide bonds. The second-order valence-corrected chi connectivity index (χ2v) is 4.45. The van der Waals surface area contributed by atoms with E-state index < -0.39 is 0 Å². The average molecular weight is 301 g/mol. The van der Waals surface area contributed by atoms with E-state index in [2.05, 4.69) is 57.6 Å². The minimum atomic E-state index is 0.760. The molecular weight excluding hydrogens is 289 g/mol. The van der Waals surface area contributed by atoms with Crippen LogP contribution in [0.3, 0.4) is 0 Å². The second-order valence-electron chi connectivity index (χ2n) is 3.21. The zero-order valence-electron chi connectivity index (χ0n) is 8.03. The van der Waals surface area contributed by atoms with Gasteiger partial charge in [0.25, 0.3) is 0 Å². The predicted octanol–water partition coefficient (Wildman–Crippen LogP) is 2.89. The van der Waals surface area contributed by atoms with E-state index in [1.54, 1.807) is 7.11 Å². The molecule has 0 bridgehead atoms. The molecule has 74 valence electrons. The van der Waals surface area contributed by atoms with Crippen LogP contribution in [-0.2, 0) is 11.3 Å². The molecule has 0 fully saturated rings. The lowest BCUT2D eigenvalue weighted by Gasteiger charge is -2.03. The molecule has 0 atom stereocenters. The fourth-order valence-corrected chi connectivity index (χ4v) is 2.07. The van der Waals surface area contributed by atoms with Crippen LogP contribution in [-0.4, -0.2) is 18.3 Å². The summed E-state index contributed by atoms with van der Waals surface area (Å²) < 4.78 is 8.56. The Bertz CT molecular complexity index is 436. The van der Waals surface area contributed by atoms with Gasteiger partial charge in [-0.15, -0.1) is 0 Å². The van der Waals surface area contributed by atoms with Gasteiger partial charge in [-0.05, 0) is 46.9 Å². The third kappa shape index (κ3) is 1.93. The number of benzene rings is 1. The van der Waals surface area contributed by atoms with Crippen molar-refractivity contribution in [3.8, 4) is 0 Å². The molecule has 0 unspecified atom stereocenters. The SMILES string of the molecule is COCCn1ccc2cc(I)ccc21. The minimum absolute atomic E-state index is 0.760. The summed E-state index contributed by atoms with van der Waals surface area (Å²) in [5.41, 5.74) is 1.28. The van der Waals surface area contributed by atoms with Crippen molar-refractivity contribution in [3.63, 3.8) is 0 Å². The van der Waals surface area contributed by atoms with Gasteiger partial charge in [-0.2, -0.15) is 0 Å². The number of nitrogens with zero attached hydrogens (tertiary/aromatic N) is 1. The number of ether oxygens (including phenoxy) is 1. The first-order valence-corrected chi connectivity index (χ1v) is 5.62. The van der Waals surface area contributed by atoms with Crippen LogP contribution in [0, 0.1) is 3.57 Å². The molecule has 0 radical (unpaired) electrons. The summed E-state index contributed by atoms with van der Waals surface area (Å²) >= 11 is 2.33. The van der Waals surface area contributed by atoms with Gasteiger partial charge in [0.2, 0.25) is 0 Å². The van der Waals surface area contributed by atoms with E-state index in [0.717, 1.165) is 13.2 Å². The Morgan fingerprint density at radius 2 is 2.21 bits per heavy atom. The zero-order valence-corrected chi connectivity index (χ0v) is 10.2. The molecule has 0 aliphatic heterocycles. The molecule has 1 heterocycles. The first kappa shape index (κ1) is 9.98. The van der Waals surface area contributed by atoms with Crippen LogP contribution in [0.4, 0.5) is 0 Å². The number of aromatic nitrogens is 1. The fraction of sp³-hybridized carbons (Fsp3) is 0.273. The summed E-state index contributed by atoms with van der Waals surface area (Å²) in [5, 5.41) is 1.30. The van der Waals surface area contributed by atoms with E-state index in [9.17, 15) is 0 Å². The monoisotopic (exact) mass is 301 g/mol. The minimum Gasteiger partial charge on any atom is -0.383 e. The van der Waals surface area contributed by atoms with Gasteiger partial charge in [-0.25, -0.2) is 0 Å². The van der Waals surface area contributed by atoms with Crippen LogP contribution in [0.15, 0.2) is 30.5 Å². The van der Waals surface area contributed by atoms with Gasteiger partial charge >= 0.3 is 0 Å². The van der Waals surface area contributed by atoms with Gasteiger partial charge in [0.1, 0.15) is 0 Å². The molecule has 14 heavy (non-hydrogen) atoms. The Labute approximate surface area is 97.0 Å². The Kier molecular flexibility index (Phi) is 3.08. The largest absolute Gasteiger partial charge is 0.383 e. The Morgan fingerprint density at radius 1 is 1.36 bits per heavy atom. The summed E-state index contributed by atoms with van der Waals surface area (Å²) in [6.07, 6.45) is 2.11. The molecule has 0 saturated heterocycles. The van der Waals surface area contributed by atoms with Crippen LogP contribution in [0.25, 0.3) is 10.9 Å². The first-order chi connectivity index (χ1) is 6.81. The molecule has 0 aliphatic rings. The van der Waals surface area contributed by atoms with E-state index >= 15 is 0 Å². The van der Waals surface area contributed by atoms with Crippen molar-refractivity contribution in [2.75, 3.05) is 13.7 Å². The van der Waals surface area contributed by atoms with Gasteiger partial charge < -0.3 is 9.30 Å². The van der Waals surface area contributed by atoms with E-state index in [-0.39, 0.29) is 0 Å². The molecule has 0 N–H and O–H groups in total. The number of hydrogen-bond acceptors (Lipinski definition) is 1. The van der Waals surface area contributed by atoms with Gasteiger partial charge in [0, 0.05) is 34.3 Å². The van der Waals surface area contributed by atoms with Gasteiger partial charge in [-0.1, -0.05) is 0 Å². The highest BCUT2D eigenvalue weighted by Crippen LogP contribution is 2.18. The van der Waals surface area contributed by atoms with Gasteiger partial charge in [-0.3, -0.25) is 0 Å². The molecule has 1 aromatic heterocycles. The van der Waals surface area contributed by atoms with E-state index in [0.29, 0.717) is 0 Å². The van der Waals surface area contributed by atoms with E-state index in [1.165, 1.54) is 14.5 Å². The summed E-state index contributed by atoms with van der Waals surface area (Å²) in [5.74, 6) is 0.